The zero-order valence-corrected chi connectivity index (χ0v) is 13.3. The Morgan fingerprint density at radius 1 is 1.22 bits per heavy atom. The van der Waals surface area contributed by atoms with Crippen LogP contribution in [0.3, 0.4) is 0 Å². The van der Waals surface area contributed by atoms with Crippen molar-refractivity contribution in [1.29, 1.82) is 0 Å². The summed E-state index contributed by atoms with van der Waals surface area (Å²) in [5.74, 6) is 0.678. The molecule has 23 heavy (non-hydrogen) atoms. The van der Waals surface area contributed by atoms with Crippen LogP contribution in [0, 0.1) is 5.92 Å². The van der Waals surface area contributed by atoms with Gasteiger partial charge in [0.1, 0.15) is 18.5 Å². The first-order chi connectivity index (χ1) is 11.1. The number of rotatable bonds is 6. The van der Waals surface area contributed by atoms with Gasteiger partial charge in [0.05, 0.1) is 5.69 Å². The average molecular weight is 332 g/mol. The van der Waals surface area contributed by atoms with Gasteiger partial charge in [0, 0.05) is 16.5 Å². The number of halogens is 1. The number of anilines is 1. The molecule has 1 saturated carbocycles. The van der Waals surface area contributed by atoms with E-state index in [2.05, 4.69) is 5.32 Å². The molecule has 0 saturated heterocycles. The number of aliphatic hydroxyl groups excluding tert-OH is 1. The molecule has 5 heteroatoms. The zero-order valence-electron chi connectivity index (χ0n) is 12.5. The summed E-state index contributed by atoms with van der Waals surface area (Å²) in [5.41, 5.74) is 1.24. The minimum absolute atomic E-state index is 0.0210. The summed E-state index contributed by atoms with van der Waals surface area (Å²) in [7, 11) is 0. The summed E-state index contributed by atoms with van der Waals surface area (Å²) in [6.45, 7) is 0.0556. The molecule has 1 amide bonds. The fraction of sp³-hybridized carbons (Fsp3) is 0.278. The minimum Gasteiger partial charge on any atom is -0.488 e. The van der Waals surface area contributed by atoms with E-state index < -0.39 is 6.10 Å². The summed E-state index contributed by atoms with van der Waals surface area (Å²) in [6, 6.07) is 14.3. The Hall–Kier alpha value is -2.04. The third kappa shape index (κ3) is 4.03. The molecule has 1 aliphatic carbocycles. The lowest BCUT2D eigenvalue weighted by Gasteiger charge is -2.16. The monoisotopic (exact) mass is 331 g/mol. The smallest absolute Gasteiger partial charge is 0.227 e. The lowest BCUT2D eigenvalue weighted by Crippen LogP contribution is -2.15. The Kier molecular flexibility index (Phi) is 4.84. The number of carbonyl (C=O) groups is 1. The number of carbonyl (C=O) groups excluding carboxylic acids is 1. The molecular formula is C18H18ClNO3. The van der Waals surface area contributed by atoms with Crippen molar-refractivity contribution in [3.63, 3.8) is 0 Å². The van der Waals surface area contributed by atoms with Crippen LogP contribution in [-0.2, 0) is 4.79 Å². The van der Waals surface area contributed by atoms with Crippen LogP contribution in [0.2, 0.25) is 5.02 Å². The lowest BCUT2D eigenvalue weighted by molar-refractivity contribution is -0.117. The van der Waals surface area contributed by atoms with Gasteiger partial charge in [-0.25, -0.2) is 0 Å². The van der Waals surface area contributed by atoms with Gasteiger partial charge in [0.15, 0.2) is 0 Å². The molecule has 2 aromatic rings. The molecule has 120 valence electrons. The standard InChI is InChI=1S/C18H18ClNO3/c19-14-6-2-1-5-13(14)16(21)11-23-17-8-4-3-7-15(17)20-18(22)12-9-10-12/h1-8,12,16,21H,9-11H2,(H,20,22). The average Bonchev–Trinajstić information content (AvgIpc) is 3.39. The van der Waals surface area contributed by atoms with Crippen LogP contribution in [0.5, 0.6) is 5.75 Å². The highest BCUT2D eigenvalue weighted by molar-refractivity contribution is 6.31. The SMILES string of the molecule is O=C(Nc1ccccc1OCC(O)c1ccccc1Cl)C1CC1. The molecule has 1 aliphatic rings. The molecular weight excluding hydrogens is 314 g/mol. The first-order valence-electron chi connectivity index (χ1n) is 7.60. The summed E-state index contributed by atoms with van der Waals surface area (Å²) in [5, 5.41) is 13.6. The van der Waals surface area contributed by atoms with Gasteiger partial charge >= 0.3 is 0 Å². The van der Waals surface area contributed by atoms with Gasteiger partial charge < -0.3 is 15.2 Å². The molecule has 3 rings (SSSR count). The normalized spacial score (nSPS) is 15.0. The molecule has 2 aromatic carbocycles. The molecule has 1 atom stereocenters. The van der Waals surface area contributed by atoms with E-state index >= 15 is 0 Å². The Bertz CT molecular complexity index is 700. The van der Waals surface area contributed by atoms with E-state index in [0.717, 1.165) is 12.8 Å². The largest absolute Gasteiger partial charge is 0.488 e. The number of hydrogen-bond acceptors (Lipinski definition) is 3. The number of amides is 1. The summed E-state index contributed by atoms with van der Waals surface area (Å²) in [6.07, 6.45) is 1.05. The number of para-hydroxylation sites is 2. The Morgan fingerprint density at radius 2 is 1.91 bits per heavy atom. The molecule has 1 unspecified atom stereocenters. The van der Waals surface area contributed by atoms with Gasteiger partial charge in [-0.1, -0.05) is 41.9 Å². The van der Waals surface area contributed by atoms with Gasteiger partial charge in [-0.3, -0.25) is 4.79 Å². The maximum atomic E-state index is 11.9. The Morgan fingerprint density at radius 3 is 2.65 bits per heavy atom. The lowest BCUT2D eigenvalue weighted by atomic mass is 10.1. The van der Waals surface area contributed by atoms with Crippen LogP contribution < -0.4 is 10.1 Å². The second-order valence-electron chi connectivity index (χ2n) is 5.61. The highest BCUT2D eigenvalue weighted by atomic mass is 35.5. The number of benzene rings is 2. The molecule has 2 N–H and O–H groups in total. The van der Waals surface area contributed by atoms with Crippen molar-refractivity contribution >= 4 is 23.2 Å². The summed E-state index contributed by atoms with van der Waals surface area (Å²) in [4.78, 5) is 11.9. The quantitative estimate of drug-likeness (QED) is 0.846. The van der Waals surface area contributed by atoms with Crippen LogP contribution in [0.25, 0.3) is 0 Å². The molecule has 0 radical (unpaired) electrons. The van der Waals surface area contributed by atoms with Crippen molar-refractivity contribution in [3.05, 3.63) is 59.1 Å². The highest BCUT2D eigenvalue weighted by Crippen LogP contribution is 2.32. The van der Waals surface area contributed by atoms with E-state index in [1.807, 2.05) is 24.3 Å². The van der Waals surface area contributed by atoms with Crippen LogP contribution in [-0.4, -0.2) is 17.6 Å². The van der Waals surface area contributed by atoms with Crippen molar-refractivity contribution in [2.45, 2.75) is 18.9 Å². The molecule has 1 fully saturated rings. The van der Waals surface area contributed by atoms with Crippen LogP contribution in [0.1, 0.15) is 24.5 Å². The topological polar surface area (TPSA) is 58.6 Å². The molecule has 0 aromatic heterocycles. The molecule has 0 spiro atoms. The molecule has 0 aliphatic heterocycles. The number of hydrogen-bond donors (Lipinski definition) is 2. The third-order valence-electron chi connectivity index (χ3n) is 3.75. The first kappa shape index (κ1) is 15.8. The van der Waals surface area contributed by atoms with Crippen molar-refractivity contribution in [3.8, 4) is 5.75 Å². The summed E-state index contributed by atoms with van der Waals surface area (Å²) < 4.78 is 5.69. The van der Waals surface area contributed by atoms with Crippen molar-refractivity contribution in [1.82, 2.24) is 0 Å². The Labute approximate surface area is 140 Å². The molecule has 4 nitrogen and oxygen atoms in total. The van der Waals surface area contributed by atoms with E-state index in [0.29, 0.717) is 22.0 Å². The predicted molar refractivity (Wildman–Crippen MR) is 89.7 cm³/mol. The van der Waals surface area contributed by atoms with E-state index in [-0.39, 0.29) is 18.4 Å². The van der Waals surface area contributed by atoms with E-state index in [4.69, 9.17) is 16.3 Å². The fourth-order valence-corrected chi connectivity index (χ4v) is 2.54. The predicted octanol–water partition coefficient (Wildman–Crippen LogP) is 3.80. The van der Waals surface area contributed by atoms with Crippen LogP contribution in [0.15, 0.2) is 48.5 Å². The van der Waals surface area contributed by atoms with E-state index in [9.17, 15) is 9.90 Å². The minimum atomic E-state index is -0.837. The number of nitrogens with one attached hydrogen (secondary N) is 1. The van der Waals surface area contributed by atoms with Crippen molar-refractivity contribution in [2.75, 3.05) is 11.9 Å². The van der Waals surface area contributed by atoms with Gasteiger partial charge in [0.25, 0.3) is 0 Å². The second-order valence-corrected chi connectivity index (χ2v) is 6.02. The van der Waals surface area contributed by atoms with E-state index in [1.165, 1.54) is 0 Å². The van der Waals surface area contributed by atoms with Crippen molar-refractivity contribution in [2.24, 2.45) is 5.92 Å². The van der Waals surface area contributed by atoms with Gasteiger partial charge in [-0.2, -0.15) is 0 Å². The Balaban J connectivity index is 1.66. The van der Waals surface area contributed by atoms with Gasteiger partial charge in [-0.05, 0) is 31.0 Å². The maximum absolute atomic E-state index is 11.9. The van der Waals surface area contributed by atoms with Gasteiger partial charge in [-0.15, -0.1) is 0 Å². The van der Waals surface area contributed by atoms with Crippen LogP contribution in [0.4, 0.5) is 5.69 Å². The number of ether oxygens (including phenoxy) is 1. The van der Waals surface area contributed by atoms with Crippen LogP contribution >= 0.6 is 11.6 Å². The first-order valence-corrected chi connectivity index (χ1v) is 7.98. The summed E-state index contributed by atoms with van der Waals surface area (Å²) >= 11 is 6.07. The highest BCUT2D eigenvalue weighted by Gasteiger charge is 2.30. The zero-order chi connectivity index (χ0) is 16.2. The fourth-order valence-electron chi connectivity index (χ4n) is 2.28. The maximum Gasteiger partial charge on any atom is 0.227 e. The molecule has 0 bridgehead atoms. The molecule has 0 heterocycles. The second kappa shape index (κ2) is 7.02. The number of aliphatic hydroxyl groups is 1. The third-order valence-corrected chi connectivity index (χ3v) is 4.10. The van der Waals surface area contributed by atoms with Gasteiger partial charge in [0.2, 0.25) is 5.91 Å². The van der Waals surface area contributed by atoms with E-state index in [1.54, 1.807) is 24.3 Å². The van der Waals surface area contributed by atoms with Crippen molar-refractivity contribution < 1.29 is 14.6 Å².